The molecule has 1 N–H and O–H groups in total. The number of rotatable bonds is 5. The number of hydrogen-bond acceptors (Lipinski definition) is 3. The van der Waals surface area contributed by atoms with Gasteiger partial charge in [0.05, 0.1) is 0 Å². The molecule has 3 nitrogen and oxygen atoms in total. The zero-order chi connectivity index (χ0) is 16.0. The Labute approximate surface area is 129 Å². The largest absolute Gasteiger partial charge is 0.454 e. The third-order valence-electron chi connectivity index (χ3n) is 2.25. The van der Waals surface area contributed by atoms with Gasteiger partial charge in [-0.15, -0.1) is 0 Å². The molecule has 0 amide bonds. The van der Waals surface area contributed by atoms with Crippen LogP contribution in [0.2, 0.25) is 0 Å². The minimum absolute atomic E-state index is 0.0494. The second kappa shape index (κ2) is 7.31. The normalized spacial score (nSPS) is 12.6. The van der Waals surface area contributed by atoms with E-state index in [2.05, 4.69) is 21.2 Å². The average molecular weight is 363 g/mol. The smallest absolute Gasteiger partial charge is 0.383 e. The van der Waals surface area contributed by atoms with Crippen molar-refractivity contribution in [3.8, 4) is 0 Å². The molecule has 1 aromatic rings. The highest BCUT2D eigenvalue weighted by atomic mass is 79.9. The van der Waals surface area contributed by atoms with Crippen LogP contribution in [0.5, 0.6) is 0 Å². The van der Waals surface area contributed by atoms with Gasteiger partial charge < -0.3 is 10.2 Å². The molecule has 0 heterocycles. The van der Waals surface area contributed by atoms with Gasteiger partial charge in [-0.05, 0) is 30.3 Å². The van der Waals surface area contributed by atoms with Crippen LogP contribution in [-0.4, -0.2) is 31.0 Å². The number of carbonyl (C=O) groups is 1. The van der Waals surface area contributed by atoms with Gasteiger partial charge >= 0.3 is 6.18 Å². The Bertz CT molecular complexity index is 548. The van der Waals surface area contributed by atoms with Gasteiger partial charge in [-0.25, -0.2) is 0 Å². The van der Waals surface area contributed by atoms with Gasteiger partial charge in [0.15, 0.2) is 0 Å². The van der Waals surface area contributed by atoms with Crippen LogP contribution in [0.25, 0.3) is 0 Å². The van der Waals surface area contributed by atoms with E-state index < -0.39 is 12.0 Å². The maximum atomic E-state index is 12.3. The predicted octanol–water partition coefficient (Wildman–Crippen LogP) is 3.95. The lowest BCUT2D eigenvalue weighted by atomic mass is 10.2. The van der Waals surface area contributed by atoms with E-state index in [1.165, 1.54) is 6.08 Å². The number of nitrogens with one attached hydrogen (secondary N) is 1. The Morgan fingerprint density at radius 3 is 2.29 bits per heavy atom. The summed E-state index contributed by atoms with van der Waals surface area (Å²) in [5.74, 6) is -1.91. The summed E-state index contributed by atoms with van der Waals surface area (Å²) in [5.41, 5.74) is 0.621. The number of halogens is 4. The molecule has 0 saturated heterocycles. The van der Waals surface area contributed by atoms with Gasteiger partial charge in [-0.2, -0.15) is 13.2 Å². The fourth-order valence-corrected chi connectivity index (χ4v) is 1.54. The molecule has 0 aliphatic rings. The minimum atomic E-state index is -4.89. The molecule has 1 rings (SSSR count). The molecule has 0 radical (unpaired) electrons. The molecule has 21 heavy (non-hydrogen) atoms. The molecule has 1 aromatic carbocycles. The van der Waals surface area contributed by atoms with Crippen LogP contribution in [0.3, 0.4) is 0 Å². The van der Waals surface area contributed by atoms with Crippen molar-refractivity contribution in [2.45, 2.75) is 6.18 Å². The Hall–Kier alpha value is -1.76. The fourth-order valence-electron chi connectivity index (χ4n) is 1.28. The fraction of sp³-hybridized carbons (Fsp3) is 0.214. The number of alkyl halides is 3. The summed E-state index contributed by atoms with van der Waals surface area (Å²) in [7, 11) is 3.44. The van der Waals surface area contributed by atoms with Crippen LogP contribution < -0.4 is 5.32 Å². The Morgan fingerprint density at radius 1 is 1.24 bits per heavy atom. The van der Waals surface area contributed by atoms with Crippen molar-refractivity contribution >= 4 is 27.4 Å². The van der Waals surface area contributed by atoms with Gasteiger partial charge in [0.2, 0.25) is 0 Å². The third kappa shape index (κ3) is 6.48. The molecule has 0 aliphatic carbocycles. The summed E-state index contributed by atoms with van der Waals surface area (Å²) in [5, 5.41) is 2.77. The molecule has 114 valence electrons. The number of benzene rings is 1. The molecule has 0 aliphatic heterocycles. The van der Waals surface area contributed by atoms with Gasteiger partial charge in [0.25, 0.3) is 5.78 Å². The highest BCUT2D eigenvalue weighted by molar-refractivity contribution is 9.10. The summed E-state index contributed by atoms with van der Waals surface area (Å²) in [4.78, 5) is 12.7. The Kier molecular flexibility index (Phi) is 6.02. The lowest BCUT2D eigenvalue weighted by molar-refractivity contribution is -0.165. The average Bonchev–Trinajstić information content (AvgIpc) is 2.37. The topological polar surface area (TPSA) is 32.3 Å². The standard InChI is InChI=1S/C14H14BrF3N2O/c1-20(2)8-7-12(9-13(21)14(16,17)18)19-11-5-3-10(15)4-6-11/h3-9,19H,1-2H3/b8-7+,12-9?. The first-order chi connectivity index (χ1) is 9.68. The molecular weight excluding hydrogens is 349 g/mol. The van der Waals surface area contributed by atoms with Crippen LogP contribution in [-0.2, 0) is 4.79 Å². The Morgan fingerprint density at radius 2 is 1.81 bits per heavy atom. The second-order valence-corrected chi connectivity index (χ2v) is 5.29. The quantitative estimate of drug-likeness (QED) is 0.635. The summed E-state index contributed by atoms with van der Waals surface area (Å²) >= 11 is 3.26. The number of nitrogens with zero attached hydrogens (tertiary/aromatic N) is 1. The summed E-state index contributed by atoms with van der Waals surface area (Å²) < 4.78 is 37.9. The highest BCUT2D eigenvalue weighted by Gasteiger charge is 2.36. The van der Waals surface area contributed by atoms with Crippen molar-refractivity contribution in [1.82, 2.24) is 4.90 Å². The molecule has 0 bridgehead atoms. The van der Waals surface area contributed by atoms with E-state index in [1.54, 1.807) is 49.5 Å². The number of carbonyl (C=O) groups excluding carboxylic acids is 1. The molecule has 0 fully saturated rings. The lowest BCUT2D eigenvalue weighted by Gasteiger charge is -2.10. The molecule has 7 heteroatoms. The Balaban J connectivity index is 3.00. The lowest BCUT2D eigenvalue weighted by Crippen LogP contribution is -2.21. The van der Waals surface area contributed by atoms with Gasteiger partial charge in [-0.3, -0.25) is 4.79 Å². The van der Waals surface area contributed by atoms with Crippen molar-refractivity contribution in [1.29, 1.82) is 0 Å². The first-order valence-electron chi connectivity index (χ1n) is 5.88. The van der Waals surface area contributed by atoms with Crippen molar-refractivity contribution in [3.05, 3.63) is 52.8 Å². The predicted molar refractivity (Wildman–Crippen MR) is 79.7 cm³/mol. The monoisotopic (exact) mass is 362 g/mol. The van der Waals surface area contributed by atoms with Gasteiger partial charge in [-0.1, -0.05) is 15.9 Å². The summed E-state index contributed by atoms with van der Waals surface area (Å²) in [6.07, 6.45) is -1.42. The molecular formula is C14H14BrF3N2O. The van der Waals surface area contributed by atoms with Crippen LogP contribution >= 0.6 is 15.9 Å². The number of ketones is 1. The SMILES string of the molecule is CN(C)/C=C/C(=CC(=O)C(F)(F)F)Nc1ccc(Br)cc1. The number of anilines is 1. The van der Waals surface area contributed by atoms with Crippen molar-refractivity contribution in [3.63, 3.8) is 0 Å². The van der Waals surface area contributed by atoms with Crippen LogP contribution in [0.15, 0.2) is 52.8 Å². The van der Waals surface area contributed by atoms with Gasteiger partial charge in [0, 0.05) is 42.2 Å². The first-order valence-corrected chi connectivity index (χ1v) is 6.68. The van der Waals surface area contributed by atoms with Crippen molar-refractivity contribution in [2.75, 3.05) is 19.4 Å². The van der Waals surface area contributed by atoms with E-state index in [4.69, 9.17) is 0 Å². The molecule has 0 saturated carbocycles. The molecule has 0 spiro atoms. The van der Waals surface area contributed by atoms with Crippen molar-refractivity contribution < 1.29 is 18.0 Å². The van der Waals surface area contributed by atoms with Crippen LogP contribution in [0, 0.1) is 0 Å². The number of hydrogen-bond donors (Lipinski definition) is 1. The van der Waals surface area contributed by atoms with Crippen LogP contribution in [0.1, 0.15) is 0 Å². The van der Waals surface area contributed by atoms with E-state index in [9.17, 15) is 18.0 Å². The first kappa shape index (κ1) is 17.3. The third-order valence-corrected chi connectivity index (χ3v) is 2.78. The molecule has 0 atom stereocenters. The van der Waals surface area contributed by atoms with Gasteiger partial charge in [0.1, 0.15) is 0 Å². The second-order valence-electron chi connectivity index (χ2n) is 4.37. The van der Waals surface area contributed by atoms with Crippen LogP contribution in [0.4, 0.5) is 18.9 Å². The minimum Gasteiger partial charge on any atom is -0.383 e. The van der Waals surface area contributed by atoms with E-state index in [1.807, 2.05) is 0 Å². The van der Waals surface area contributed by atoms with E-state index in [0.29, 0.717) is 11.8 Å². The zero-order valence-electron chi connectivity index (χ0n) is 11.4. The highest BCUT2D eigenvalue weighted by Crippen LogP contribution is 2.20. The molecule has 0 unspecified atom stereocenters. The van der Waals surface area contributed by atoms with E-state index in [0.717, 1.165) is 4.47 Å². The van der Waals surface area contributed by atoms with Crippen molar-refractivity contribution in [2.24, 2.45) is 0 Å². The van der Waals surface area contributed by atoms with E-state index >= 15 is 0 Å². The zero-order valence-corrected chi connectivity index (χ0v) is 13.0. The number of allylic oxidation sites excluding steroid dienone is 2. The maximum Gasteiger partial charge on any atom is 0.454 e. The van der Waals surface area contributed by atoms with E-state index in [-0.39, 0.29) is 5.70 Å². The summed E-state index contributed by atoms with van der Waals surface area (Å²) in [6.45, 7) is 0. The summed E-state index contributed by atoms with van der Waals surface area (Å²) in [6, 6.07) is 6.83. The maximum absolute atomic E-state index is 12.3. The molecule has 0 aromatic heterocycles.